The lowest BCUT2D eigenvalue weighted by atomic mass is 9.90. The maximum atomic E-state index is 12.5. The highest BCUT2D eigenvalue weighted by molar-refractivity contribution is 5.92. The van der Waals surface area contributed by atoms with Crippen molar-refractivity contribution in [2.24, 2.45) is 11.3 Å². The van der Waals surface area contributed by atoms with Gasteiger partial charge in [0.2, 0.25) is 11.8 Å². The zero-order valence-electron chi connectivity index (χ0n) is 16.0. The molecule has 0 aromatic heterocycles. The molecular formula is C24H26N2O2. The quantitative estimate of drug-likeness (QED) is 0.812. The van der Waals surface area contributed by atoms with Crippen LogP contribution in [0.2, 0.25) is 0 Å². The van der Waals surface area contributed by atoms with Crippen LogP contribution in [-0.4, -0.2) is 29.8 Å². The minimum Gasteiger partial charge on any atom is -0.352 e. The van der Waals surface area contributed by atoms with E-state index in [1.165, 1.54) is 0 Å². The first-order valence-electron chi connectivity index (χ1n) is 10.00. The number of hydrogen-bond donors (Lipinski definition) is 1. The Hall–Kier alpha value is -2.88. The summed E-state index contributed by atoms with van der Waals surface area (Å²) in [7, 11) is 0. The molecule has 2 amide bonds. The predicted molar refractivity (Wildman–Crippen MR) is 110 cm³/mol. The van der Waals surface area contributed by atoms with Gasteiger partial charge >= 0.3 is 0 Å². The van der Waals surface area contributed by atoms with Gasteiger partial charge in [0, 0.05) is 31.6 Å². The predicted octanol–water partition coefficient (Wildman–Crippen LogP) is 3.64. The SMILES string of the molecule is O=C(NCc1ccccc1)C1CC12CCN(C(=O)/C=C/c1ccccc1)CC2. The van der Waals surface area contributed by atoms with Crippen molar-refractivity contribution in [2.75, 3.05) is 13.1 Å². The van der Waals surface area contributed by atoms with Gasteiger partial charge in [-0.25, -0.2) is 0 Å². The second-order valence-electron chi connectivity index (χ2n) is 7.89. The van der Waals surface area contributed by atoms with Crippen molar-refractivity contribution in [2.45, 2.75) is 25.8 Å². The van der Waals surface area contributed by atoms with Crippen LogP contribution in [-0.2, 0) is 16.1 Å². The summed E-state index contributed by atoms with van der Waals surface area (Å²) in [6.45, 7) is 2.06. The van der Waals surface area contributed by atoms with Crippen LogP contribution in [0.25, 0.3) is 6.08 Å². The standard InChI is InChI=1S/C24H26N2O2/c27-22(12-11-19-7-3-1-4-8-19)26-15-13-24(14-16-26)17-21(24)23(28)25-18-20-9-5-2-6-10-20/h1-12,21H,13-18H2,(H,25,28)/b12-11+. The summed E-state index contributed by atoms with van der Waals surface area (Å²) in [4.78, 5) is 26.9. The van der Waals surface area contributed by atoms with Crippen LogP contribution in [0.4, 0.5) is 0 Å². The van der Waals surface area contributed by atoms with Crippen molar-refractivity contribution in [3.05, 3.63) is 77.9 Å². The van der Waals surface area contributed by atoms with Crippen molar-refractivity contribution in [1.29, 1.82) is 0 Å². The smallest absolute Gasteiger partial charge is 0.246 e. The number of likely N-dealkylation sites (tertiary alicyclic amines) is 1. The van der Waals surface area contributed by atoms with Crippen LogP contribution < -0.4 is 5.32 Å². The number of carbonyl (C=O) groups excluding carboxylic acids is 2. The van der Waals surface area contributed by atoms with Gasteiger partial charge in [-0.1, -0.05) is 60.7 Å². The number of benzene rings is 2. The molecule has 0 radical (unpaired) electrons. The van der Waals surface area contributed by atoms with Crippen molar-refractivity contribution in [3.63, 3.8) is 0 Å². The van der Waals surface area contributed by atoms with Crippen molar-refractivity contribution < 1.29 is 9.59 Å². The molecule has 144 valence electrons. The molecule has 1 unspecified atom stereocenters. The fourth-order valence-corrected chi connectivity index (χ4v) is 4.19. The molecule has 2 fully saturated rings. The monoisotopic (exact) mass is 374 g/mol. The Balaban J connectivity index is 1.25. The Kier molecular flexibility index (Phi) is 5.29. The summed E-state index contributed by atoms with van der Waals surface area (Å²) in [5, 5.41) is 3.07. The van der Waals surface area contributed by atoms with Crippen LogP contribution >= 0.6 is 0 Å². The molecule has 1 spiro atoms. The average molecular weight is 374 g/mol. The molecule has 4 rings (SSSR count). The summed E-state index contributed by atoms with van der Waals surface area (Å²) in [5.41, 5.74) is 2.26. The van der Waals surface area contributed by atoms with E-state index in [2.05, 4.69) is 5.32 Å². The van der Waals surface area contributed by atoms with Crippen molar-refractivity contribution in [3.8, 4) is 0 Å². The maximum absolute atomic E-state index is 12.5. The van der Waals surface area contributed by atoms with Gasteiger partial charge in [-0.05, 0) is 41.9 Å². The topological polar surface area (TPSA) is 49.4 Å². The minimum atomic E-state index is 0.0597. The molecule has 1 aliphatic carbocycles. The largest absolute Gasteiger partial charge is 0.352 e. The number of rotatable bonds is 5. The van der Waals surface area contributed by atoms with E-state index in [1.807, 2.05) is 71.6 Å². The van der Waals surface area contributed by atoms with E-state index in [0.29, 0.717) is 6.54 Å². The lowest BCUT2D eigenvalue weighted by molar-refractivity contribution is -0.127. The third-order valence-electron chi connectivity index (χ3n) is 6.10. The maximum Gasteiger partial charge on any atom is 0.246 e. The minimum absolute atomic E-state index is 0.0597. The van der Waals surface area contributed by atoms with E-state index in [4.69, 9.17) is 0 Å². The first-order chi connectivity index (χ1) is 13.7. The molecule has 0 bridgehead atoms. The molecule has 2 aliphatic rings. The van der Waals surface area contributed by atoms with E-state index in [-0.39, 0.29) is 23.1 Å². The van der Waals surface area contributed by atoms with Crippen LogP contribution in [0.3, 0.4) is 0 Å². The summed E-state index contributed by atoms with van der Waals surface area (Å²) in [6.07, 6.45) is 6.31. The number of nitrogens with one attached hydrogen (secondary N) is 1. The van der Waals surface area contributed by atoms with Gasteiger partial charge < -0.3 is 10.2 Å². The molecule has 4 heteroatoms. The summed E-state index contributed by atoms with van der Waals surface area (Å²) >= 11 is 0. The molecule has 1 N–H and O–H groups in total. The van der Waals surface area contributed by atoms with Gasteiger partial charge in [0.15, 0.2) is 0 Å². The van der Waals surface area contributed by atoms with Crippen LogP contribution in [0, 0.1) is 11.3 Å². The molecule has 1 saturated heterocycles. The van der Waals surface area contributed by atoms with Gasteiger partial charge in [0.05, 0.1) is 0 Å². The van der Waals surface area contributed by atoms with Crippen molar-refractivity contribution >= 4 is 17.9 Å². The van der Waals surface area contributed by atoms with Gasteiger partial charge in [-0.3, -0.25) is 9.59 Å². The summed E-state index contributed by atoms with van der Waals surface area (Å²) in [6, 6.07) is 19.9. The molecule has 1 atom stereocenters. The first-order valence-corrected chi connectivity index (χ1v) is 10.00. The van der Waals surface area contributed by atoms with Crippen LogP contribution in [0.5, 0.6) is 0 Å². The normalized spacial score (nSPS) is 20.3. The molecule has 4 nitrogen and oxygen atoms in total. The highest BCUT2D eigenvalue weighted by atomic mass is 16.2. The van der Waals surface area contributed by atoms with Crippen LogP contribution in [0.15, 0.2) is 66.7 Å². The molecule has 2 aromatic carbocycles. The molecule has 2 aromatic rings. The third kappa shape index (κ3) is 4.16. The fraction of sp³-hybridized carbons (Fsp3) is 0.333. The van der Waals surface area contributed by atoms with E-state index in [9.17, 15) is 9.59 Å². The van der Waals surface area contributed by atoms with E-state index in [1.54, 1.807) is 6.08 Å². The van der Waals surface area contributed by atoms with Gasteiger partial charge in [0.1, 0.15) is 0 Å². The second-order valence-corrected chi connectivity index (χ2v) is 7.89. The summed E-state index contributed by atoms with van der Waals surface area (Å²) in [5.74, 6) is 0.324. The van der Waals surface area contributed by atoms with Crippen LogP contribution in [0.1, 0.15) is 30.4 Å². The van der Waals surface area contributed by atoms with Gasteiger partial charge in [0.25, 0.3) is 0 Å². The van der Waals surface area contributed by atoms with E-state index >= 15 is 0 Å². The Morgan fingerprint density at radius 1 is 1.00 bits per heavy atom. The Morgan fingerprint density at radius 3 is 2.32 bits per heavy atom. The lowest BCUT2D eigenvalue weighted by Crippen LogP contribution is -2.39. The molecule has 1 aliphatic heterocycles. The summed E-state index contributed by atoms with van der Waals surface area (Å²) < 4.78 is 0. The van der Waals surface area contributed by atoms with Crippen molar-refractivity contribution in [1.82, 2.24) is 10.2 Å². The zero-order valence-corrected chi connectivity index (χ0v) is 16.0. The molecule has 28 heavy (non-hydrogen) atoms. The third-order valence-corrected chi connectivity index (χ3v) is 6.10. The molecule has 1 saturated carbocycles. The van der Waals surface area contributed by atoms with Gasteiger partial charge in [-0.15, -0.1) is 0 Å². The fourth-order valence-electron chi connectivity index (χ4n) is 4.19. The Morgan fingerprint density at radius 2 is 1.64 bits per heavy atom. The van der Waals surface area contributed by atoms with E-state index < -0.39 is 0 Å². The highest BCUT2D eigenvalue weighted by Gasteiger charge is 2.58. The number of carbonyl (C=O) groups is 2. The lowest BCUT2D eigenvalue weighted by Gasteiger charge is -2.32. The highest BCUT2D eigenvalue weighted by Crippen LogP contribution is 2.59. The number of nitrogens with zero attached hydrogens (tertiary/aromatic N) is 1. The Bertz CT molecular complexity index is 853. The Labute approximate surface area is 166 Å². The molecular weight excluding hydrogens is 348 g/mol. The van der Waals surface area contributed by atoms with Gasteiger partial charge in [-0.2, -0.15) is 0 Å². The zero-order chi connectivity index (χ0) is 19.4. The number of piperidine rings is 1. The number of amides is 2. The molecule has 1 heterocycles. The number of hydrogen-bond acceptors (Lipinski definition) is 2. The average Bonchev–Trinajstić information content (AvgIpc) is 3.45. The second kappa shape index (κ2) is 8.01. The van der Waals surface area contributed by atoms with E-state index in [0.717, 1.165) is 43.5 Å². The first kappa shape index (κ1) is 18.5.